The zero-order chi connectivity index (χ0) is 27.6. The van der Waals surface area contributed by atoms with E-state index in [1.54, 1.807) is 0 Å². The summed E-state index contributed by atoms with van der Waals surface area (Å²) in [6.07, 6.45) is 12.2. The Hall–Kier alpha value is -3.78. The van der Waals surface area contributed by atoms with Gasteiger partial charge in [0.25, 0.3) is 11.5 Å². The second-order valence-corrected chi connectivity index (χ2v) is 11.5. The minimum atomic E-state index is -0.216. The van der Waals surface area contributed by atoms with Crippen molar-refractivity contribution in [2.75, 3.05) is 13.1 Å². The summed E-state index contributed by atoms with van der Waals surface area (Å²) < 4.78 is 2.11. The topological polar surface area (TPSA) is 95.9 Å². The van der Waals surface area contributed by atoms with Crippen molar-refractivity contribution in [3.63, 3.8) is 0 Å². The first-order chi connectivity index (χ1) is 19.5. The molecule has 0 unspecified atom stereocenters. The average Bonchev–Trinajstić information content (AvgIpc) is 3.63. The molecule has 3 aromatic heterocycles. The van der Waals surface area contributed by atoms with Crippen LogP contribution in [0.1, 0.15) is 83.9 Å². The second-order valence-electron chi connectivity index (χ2n) is 11.5. The number of hydrogen-bond donors (Lipinski definition) is 2. The number of amides is 1. The Labute approximate surface area is 234 Å². The third-order valence-electron chi connectivity index (χ3n) is 8.54. The second kappa shape index (κ2) is 11.4. The molecule has 1 saturated carbocycles. The lowest BCUT2D eigenvalue weighted by molar-refractivity contribution is 0.0952. The van der Waals surface area contributed by atoms with Gasteiger partial charge in [-0.3, -0.25) is 24.2 Å². The fraction of sp³-hybridized carbons (Fsp3) is 0.438. The van der Waals surface area contributed by atoms with Crippen molar-refractivity contribution in [2.45, 2.75) is 77.9 Å². The van der Waals surface area contributed by atoms with E-state index in [0.29, 0.717) is 17.2 Å². The average molecular weight is 539 g/mol. The van der Waals surface area contributed by atoms with E-state index in [0.717, 1.165) is 71.5 Å². The maximum Gasteiger partial charge on any atom is 0.253 e. The predicted octanol–water partition coefficient (Wildman–Crippen LogP) is 5.43. The minimum Gasteiger partial charge on any atom is -0.348 e. The number of carbonyl (C=O) groups is 1. The van der Waals surface area contributed by atoms with Crippen LogP contribution in [0.5, 0.6) is 0 Å². The highest BCUT2D eigenvalue weighted by molar-refractivity contribution is 6.08. The molecule has 0 radical (unpaired) electrons. The van der Waals surface area contributed by atoms with Crippen LogP contribution >= 0.6 is 0 Å². The molecule has 0 bridgehead atoms. The summed E-state index contributed by atoms with van der Waals surface area (Å²) in [6, 6.07) is 10.6. The molecule has 2 fully saturated rings. The molecule has 4 heterocycles. The molecule has 1 aromatic carbocycles. The number of piperidine rings is 1. The summed E-state index contributed by atoms with van der Waals surface area (Å²) in [4.78, 5) is 36.3. The fourth-order valence-electron chi connectivity index (χ4n) is 6.34. The first-order valence-corrected chi connectivity index (χ1v) is 14.6. The normalized spacial score (nSPS) is 16.6. The molecule has 208 valence electrons. The number of rotatable bonds is 7. The smallest absolute Gasteiger partial charge is 0.253 e. The van der Waals surface area contributed by atoms with E-state index >= 15 is 0 Å². The van der Waals surface area contributed by atoms with Gasteiger partial charge in [-0.25, -0.2) is 0 Å². The summed E-state index contributed by atoms with van der Waals surface area (Å²) in [7, 11) is 0. The molecular weight excluding hydrogens is 500 g/mol. The van der Waals surface area contributed by atoms with Gasteiger partial charge in [-0.2, -0.15) is 5.10 Å². The van der Waals surface area contributed by atoms with Crippen molar-refractivity contribution in [1.29, 1.82) is 0 Å². The standard InChI is InChI=1S/C32H38N6O2/c1-21-14-22(2)36-32(40)28(21)18-34-31(39)27-15-24(16-30-29(27)19-35-38(30)26-8-4-5-9-26)23-10-11-25(33-17-23)20-37-12-6-3-7-13-37/h10-11,14-17,19,26H,3-9,12-13,18,20H2,1-2H3,(H,34,39)(H,36,40). The Bertz CT molecular complexity index is 1570. The first kappa shape index (κ1) is 26.4. The van der Waals surface area contributed by atoms with Crippen LogP contribution < -0.4 is 10.9 Å². The predicted molar refractivity (Wildman–Crippen MR) is 157 cm³/mol. The zero-order valence-corrected chi connectivity index (χ0v) is 23.5. The van der Waals surface area contributed by atoms with E-state index in [-0.39, 0.29) is 18.0 Å². The van der Waals surface area contributed by atoms with E-state index in [4.69, 9.17) is 10.1 Å². The Morgan fingerprint density at radius 1 is 1.00 bits per heavy atom. The molecule has 0 atom stereocenters. The van der Waals surface area contributed by atoms with Crippen molar-refractivity contribution < 1.29 is 4.79 Å². The Kier molecular flexibility index (Phi) is 7.52. The number of carbonyl (C=O) groups excluding carboxylic acids is 1. The molecule has 1 aliphatic carbocycles. The molecule has 1 aliphatic heterocycles. The van der Waals surface area contributed by atoms with Crippen molar-refractivity contribution >= 4 is 16.8 Å². The number of nitrogens with one attached hydrogen (secondary N) is 2. The van der Waals surface area contributed by atoms with E-state index in [2.05, 4.69) is 38.1 Å². The molecular formula is C32H38N6O2. The van der Waals surface area contributed by atoms with E-state index in [1.807, 2.05) is 38.4 Å². The highest BCUT2D eigenvalue weighted by Crippen LogP contribution is 2.34. The zero-order valence-electron chi connectivity index (χ0n) is 23.5. The number of fused-ring (bicyclic) bond motifs is 1. The molecule has 2 aliphatic rings. The summed E-state index contributed by atoms with van der Waals surface area (Å²) in [5.41, 5.74) is 6.60. The van der Waals surface area contributed by atoms with Gasteiger partial charge >= 0.3 is 0 Å². The van der Waals surface area contributed by atoms with Crippen molar-refractivity contribution in [3.8, 4) is 11.1 Å². The van der Waals surface area contributed by atoms with Crippen LogP contribution in [-0.4, -0.2) is 43.6 Å². The first-order valence-electron chi connectivity index (χ1n) is 14.6. The van der Waals surface area contributed by atoms with Crippen molar-refractivity contribution in [2.24, 2.45) is 0 Å². The Morgan fingerprint density at radius 3 is 2.52 bits per heavy atom. The number of benzene rings is 1. The number of aromatic amines is 1. The summed E-state index contributed by atoms with van der Waals surface area (Å²) >= 11 is 0. The molecule has 8 heteroatoms. The number of hydrogen-bond acceptors (Lipinski definition) is 5. The van der Waals surface area contributed by atoms with Crippen molar-refractivity contribution in [1.82, 2.24) is 30.0 Å². The molecule has 1 saturated heterocycles. The van der Waals surface area contributed by atoms with Gasteiger partial charge in [-0.1, -0.05) is 25.3 Å². The number of aromatic nitrogens is 4. The Morgan fingerprint density at radius 2 is 1.80 bits per heavy atom. The van der Waals surface area contributed by atoms with Crippen LogP contribution in [0, 0.1) is 13.8 Å². The highest BCUT2D eigenvalue weighted by Gasteiger charge is 2.23. The monoisotopic (exact) mass is 538 g/mol. The summed E-state index contributed by atoms with van der Waals surface area (Å²) in [5.74, 6) is -0.216. The lowest BCUT2D eigenvalue weighted by Gasteiger charge is -2.25. The van der Waals surface area contributed by atoms with Gasteiger partial charge in [0.15, 0.2) is 0 Å². The van der Waals surface area contributed by atoms with Gasteiger partial charge in [0, 0.05) is 41.5 Å². The van der Waals surface area contributed by atoms with Crippen LogP contribution in [0.15, 0.2) is 47.5 Å². The highest BCUT2D eigenvalue weighted by atomic mass is 16.1. The van der Waals surface area contributed by atoms with Gasteiger partial charge in [0.2, 0.25) is 0 Å². The largest absolute Gasteiger partial charge is 0.348 e. The lowest BCUT2D eigenvalue weighted by Crippen LogP contribution is -2.29. The van der Waals surface area contributed by atoms with Crippen LogP contribution in [0.4, 0.5) is 0 Å². The van der Waals surface area contributed by atoms with Gasteiger partial charge in [0.05, 0.1) is 29.0 Å². The van der Waals surface area contributed by atoms with E-state index in [9.17, 15) is 9.59 Å². The van der Waals surface area contributed by atoms with Crippen molar-refractivity contribution in [3.05, 3.63) is 81.2 Å². The molecule has 0 spiro atoms. The van der Waals surface area contributed by atoms with Crippen LogP contribution in [0.3, 0.4) is 0 Å². The quantitative estimate of drug-likeness (QED) is 0.327. The van der Waals surface area contributed by atoms with E-state index < -0.39 is 0 Å². The summed E-state index contributed by atoms with van der Waals surface area (Å²) in [5, 5.41) is 8.59. The Balaban J connectivity index is 1.32. The number of likely N-dealkylation sites (tertiary alicyclic amines) is 1. The maximum absolute atomic E-state index is 13.6. The molecule has 1 amide bonds. The van der Waals surface area contributed by atoms with Gasteiger partial charge in [-0.15, -0.1) is 0 Å². The molecule has 40 heavy (non-hydrogen) atoms. The molecule has 4 aromatic rings. The van der Waals surface area contributed by atoms with Crippen LogP contribution in [0.25, 0.3) is 22.0 Å². The summed E-state index contributed by atoms with van der Waals surface area (Å²) in [6.45, 7) is 7.07. The number of H-pyrrole nitrogens is 1. The third-order valence-corrected chi connectivity index (χ3v) is 8.54. The molecule has 6 rings (SSSR count). The molecule has 8 nitrogen and oxygen atoms in total. The number of pyridine rings is 2. The third kappa shape index (κ3) is 5.45. The fourth-order valence-corrected chi connectivity index (χ4v) is 6.34. The van der Waals surface area contributed by atoms with Gasteiger partial charge in [0.1, 0.15) is 0 Å². The van der Waals surface area contributed by atoms with Crippen LogP contribution in [0.2, 0.25) is 0 Å². The lowest BCUT2D eigenvalue weighted by atomic mass is 10.00. The number of nitrogens with zero attached hydrogens (tertiary/aromatic N) is 4. The van der Waals surface area contributed by atoms with E-state index in [1.165, 1.54) is 32.1 Å². The van der Waals surface area contributed by atoms with Gasteiger partial charge < -0.3 is 10.3 Å². The SMILES string of the molecule is Cc1cc(C)c(CNC(=O)c2cc(-c3ccc(CN4CCCCC4)nc3)cc3c2cnn3C2CCCC2)c(=O)[nH]1. The number of aryl methyl sites for hydroxylation is 2. The maximum atomic E-state index is 13.6. The minimum absolute atomic E-state index is 0.162. The van der Waals surface area contributed by atoms with Crippen LogP contribution in [-0.2, 0) is 13.1 Å². The molecule has 2 N–H and O–H groups in total. The van der Waals surface area contributed by atoms with Gasteiger partial charge in [-0.05, 0) is 88.0 Å².